The summed E-state index contributed by atoms with van der Waals surface area (Å²) in [6, 6.07) is -0.297. The lowest BCUT2D eigenvalue weighted by Crippen LogP contribution is -2.44. The minimum Gasteiger partial charge on any atom is -0.389 e. The minimum atomic E-state index is -0.566. The van der Waals surface area contributed by atoms with E-state index >= 15 is 0 Å². The van der Waals surface area contributed by atoms with Gasteiger partial charge in [-0.25, -0.2) is 0 Å². The molecule has 0 aliphatic carbocycles. The molecule has 0 fully saturated rings. The molecule has 0 aliphatic rings. The van der Waals surface area contributed by atoms with Gasteiger partial charge in [-0.15, -0.1) is 0 Å². The molecule has 0 aromatic heterocycles. The van der Waals surface area contributed by atoms with Crippen LogP contribution in [0.25, 0.3) is 0 Å². The second kappa shape index (κ2) is 11.4. The molecule has 0 rings (SSSR count). The zero-order chi connectivity index (χ0) is 13.8. The third-order valence-corrected chi connectivity index (χ3v) is 2.75. The standard InChI is InChI=1S/C13H28N2O3/c1-4-5-6-7-8-18-10-12(16)9-15-11(2)13(17)14-3/h11-12,15-16H,4-10H2,1-3H3,(H,14,17). The Bertz CT molecular complexity index is 212. The summed E-state index contributed by atoms with van der Waals surface area (Å²) in [4.78, 5) is 11.2. The Labute approximate surface area is 110 Å². The number of hydrogen-bond acceptors (Lipinski definition) is 4. The van der Waals surface area contributed by atoms with Gasteiger partial charge in [0.15, 0.2) is 0 Å². The Morgan fingerprint density at radius 1 is 1.33 bits per heavy atom. The van der Waals surface area contributed by atoms with E-state index in [1.165, 1.54) is 19.3 Å². The number of aliphatic hydroxyl groups is 1. The molecule has 0 saturated heterocycles. The van der Waals surface area contributed by atoms with Crippen LogP contribution in [0.1, 0.15) is 39.5 Å². The maximum absolute atomic E-state index is 11.2. The van der Waals surface area contributed by atoms with Gasteiger partial charge in [0.1, 0.15) is 0 Å². The van der Waals surface area contributed by atoms with Crippen molar-refractivity contribution in [2.24, 2.45) is 0 Å². The van der Waals surface area contributed by atoms with Gasteiger partial charge in [-0.1, -0.05) is 26.2 Å². The number of unbranched alkanes of at least 4 members (excludes halogenated alkanes) is 3. The molecule has 5 nitrogen and oxygen atoms in total. The van der Waals surface area contributed by atoms with Crippen LogP contribution in [-0.2, 0) is 9.53 Å². The topological polar surface area (TPSA) is 70.6 Å². The third-order valence-electron chi connectivity index (χ3n) is 2.75. The van der Waals surface area contributed by atoms with Crippen LogP contribution in [0.5, 0.6) is 0 Å². The summed E-state index contributed by atoms with van der Waals surface area (Å²) in [6.45, 7) is 5.31. The molecule has 1 amide bonds. The van der Waals surface area contributed by atoms with E-state index in [0.717, 1.165) is 6.42 Å². The first kappa shape index (κ1) is 17.4. The van der Waals surface area contributed by atoms with Gasteiger partial charge in [-0.3, -0.25) is 4.79 Å². The second-order valence-electron chi connectivity index (χ2n) is 4.53. The molecule has 0 aromatic carbocycles. The van der Waals surface area contributed by atoms with Crippen molar-refractivity contribution in [2.45, 2.75) is 51.7 Å². The molecule has 0 saturated carbocycles. The van der Waals surface area contributed by atoms with Crippen molar-refractivity contribution in [3.05, 3.63) is 0 Å². The smallest absolute Gasteiger partial charge is 0.236 e. The third kappa shape index (κ3) is 9.39. The minimum absolute atomic E-state index is 0.0808. The molecule has 2 atom stereocenters. The number of hydrogen-bond donors (Lipinski definition) is 3. The molecule has 2 unspecified atom stereocenters. The first-order chi connectivity index (χ1) is 8.61. The van der Waals surface area contributed by atoms with Gasteiger partial charge in [-0.05, 0) is 13.3 Å². The lowest BCUT2D eigenvalue weighted by molar-refractivity contribution is -0.122. The van der Waals surface area contributed by atoms with Crippen molar-refractivity contribution in [1.29, 1.82) is 0 Å². The molecule has 108 valence electrons. The Morgan fingerprint density at radius 2 is 2.06 bits per heavy atom. The largest absolute Gasteiger partial charge is 0.389 e. The molecular weight excluding hydrogens is 232 g/mol. The number of rotatable bonds is 11. The summed E-state index contributed by atoms with van der Waals surface area (Å²) in [5.74, 6) is -0.0808. The summed E-state index contributed by atoms with van der Waals surface area (Å²) in [5.41, 5.74) is 0. The normalized spacial score (nSPS) is 14.2. The highest BCUT2D eigenvalue weighted by Gasteiger charge is 2.12. The molecule has 0 heterocycles. The van der Waals surface area contributed by atoms with Crippen LogP contribution in [0.2, 0.25) is 0 Å². The van der Waals surface area contributed by atoms with Gasteiger partial charge in [0.05, 0.1) is 18.8 Å². The van der Waals surface area contributed by atoms with Gasteiger partial charge in [0.2, 0.25) is 5.91 Å². The van der Waals surface area contributed by atoms with E-state index in [1.54, 1.807) is 14.0 Å². The van der Waals surface area contributed by atoms with Gasteiger partial charge < -0.3 is 20.5 Å². The molecule has 0 aromatic rings. The first-order valence-corrected chi connectivity index (χ1v) is 6.82. The van der Waals surface area contributed by atoms with Crippen molar-refractivity contribution in [3.63, 3.8) is 0 Å². The Kier molecular flexibility index (Phi) is 11.0. The summed E-state index contributed by atoms with van der Waals surface area (Å²) in [5, 5.41) is 15.1. The number of ether oxygens (including phenoxy) is 1. The predicted octanol–water partition coefficient (Wildman–Crippen LogP) is 0.668. The predicted molar refractivity (Wildman–Crippen MR) is 72.5 cm³/mol. The number of carbonyl (C=O) groups is 1. The van der Waals surface area contributed by atoms with Crippen molar-refractivity contribution in [1.82, 2.24) is 10.6 Å². The summed E-state index contributed by atoms with van der Waals surface area (Å²) in [6.07, 6.45) is 4.10. The first-order valence-electron chi connectivity index (χ1n) is 6.82. The lowest BCUT2D eigenvalue weighted by Gasteiger charge is -2.16. The summed E-state index contributed by atoms with van der Waals surface area (Å²) >= 11 is 0. The molecule has 3 N–H and O–H groups in total. The van der Waals surface area contributed by atoms with E-state index in [-0.39, 0.29) is 11.9 Å². The van der Waals surface area contributed by atoms with Crippen LogP contribution >= 0.6 is 0 Å². The molecular formula is C13H28N2O3. The Hall–Kier alpha value is -0.650. The molecule has 0 aliphatic heterocycles. The maximum atomic E-state index is 11.2. The Balaban J connectivity index is 3.42. The summed E-state index contributed by atoms with van der Waals surface area (Å²) < 4.78 is 5.37. The molecule has 5 heteroatoms. The van der Waals surface area contributed by atoms with Gasteiger partial charge in [0.25, 0.3) is 0 Å². The summed E-state index contributed by atoms with van der Waals surface area (Å²) in [7, 11) is 1.59. The fourth-order valence-electron chi connectivity index (χ4n) is 1.53. The van der Waals surface area contributed by atoms with Crippen molar-refractivity contribution in [3.8, 4) is 0 Å². The molecule has 0 spiro atoms. The maximum Gasteiger partial charge on any atom is 0.236 e. The number of carbonyl (C=O) groups excluding carboxylic acids is 1. The quantitative estimate of drug-likeness (QED) is 0.478. The highest BCUT2D eigenvalue weighted by molar-refractivity contribution is 5.80. The average Bonchev–Trinajstić information content (AvgIpc) is 2.38. The number of likely N-dealkylation sites (N-methyl/N-ethyl adjacent to an activating group) is 1. The number of amides is 1. The SMILES string of the molecule is CCCCCCOCC(O)CNC(C)C(=O)NC. The highest BCUT2D eigenvalue weighted by Crippen LogP contribution is 1.99. The molecule has 18 heavy (non-hydrogen) atoms. The van der Waals surface area contributed by atoms with Crippen molar-refractivity contribution >= 4 is 5.91 Å². The average molecular weight is 260 g/mol. The second-order valence-corrected chi connectivity index (χ2v) is 4.53. The van der Waals surface area contributed by atoms with Gasteiger partial charge >= 0.3 is 0 Å². The van der Waals surface area contributed by atoms with Crippen molar-refractivity contribution < 1.29 is 14.6 Å². The van der Waals surface area contributed by atoms with Crippen molar-refractivity contribution in [2.75, 3.05) is 26.8 Å². The zero-order valence-electron chi connectivity index (χ0n) is 11.9. The van der Waals surface area contributed by atoms with Crippen LogP contribution < -0.4 is 10.6 Å². The monoisotopic (exact) mass is 260 g/mol. The van der Waals surface area contributed by atoms with E-state index in [4.69, 9.17) is 4.74 Å². The molecule has 0 radical (unpaired) electrons. The molecule has 0 bridgehead atoms. The van der Waals surface area contributed by atoms with E-state index in [9.17, 15) is 9.90 Å². The van der Waals surface area contributed by atoms with Crippen LogP contribution in [0.4, 0.5) is 0 Å². The van der Waals surface area contributed by atoms with E-state index in [0.29, 0.717) is 19.8 Å². The number of nitrogens with one attached hydrogen (secondary N) is 2. The van der Waals surface area contributed by atoms with Crippen LogP contribution in [-0.4, -0.2) is 50.0 Å². The van der Waals surface area contributed by atoms with Gasteiger partial charge in [-0.2, -0.15) is 0 Å². The van der Waals surface area contributed by atoms with Crippen LogP contribution in [0.3, 0.4) is 0 Å². The van der Waals surface area contributed by atoms with Gasteiger partial charge in [0, 0.05) is 20.2 Å². The Morgan fingerprint density at radius 3 is 2.67 bits per heavy atom. The lowest BCUT2D eigenvalue weighted by atomic mass is 10.2. The van der Waals surface area contributed by atoms with E-state index in [1.807, 2.05) is 0 Å². The van der Waals surface area contributed by atoms with E-state index < -0.39 is 6.10 Å². The highest BCUT2D eigenvalue weighted by atomic mass is 16.5. The fourth-order valence-corrected chi connectivity index (χ4v) is 1.53. The van der Waals surface area contributed by atoms with Crippen LogP contribution in [0, 0.1) is 0 Å². The van der Waals surface area contributed by atoms with Crippen LogP contribution in [0.15, 0.2) is 0 Å². The van der Waals surface area contributed by atoms with E-state index in [2.05, 4.69) is 17.6 Å². The zero-order valence-corrected chi connectivity index (χ0v) is 11.9. The number of aliphatic hydroxyl groups excluding tert-OH is 1. The fraction of sp³-hybridized carbons (Fsp3) is 0.923.